The molecule has 1 aromatic heterocycles. The SMILES string of the molecule is CCc1nn(C)c(CSCCC(C)N)c1Br. The summed E-state index contributed by atoms with van der Waals surface area (Å²) in [6.07, 6.45) is 2.04. The molecule has 0 spiro atoms. The van der Waals surface area contributed by atoms with Crippen LogP contribution in [0.25, 0.3) is 0 Å². The fourth-order valence-electron chi connectivity index (χ4n) is 1.41. The molecule has 1 heterocycles. The maximum Gasteiger partial charge on any atom is 0.0767 e. The van der Waals surface area contributed by atoms with Gasteiger partial charge in [-0.3, -0.25) is 4.68 Å². The van der Waals surface area contributed by atoms with Crippen LogP contribution in [0, 0.1) is 0 Å². The van der Waals surface area contributed by atoms with Crippen LogP contribution in [-0.4, -0.2) is 21.6 Å². The van der Waals surface area contributed by atoms with Gasteiger partial charge in [0, 0.05) is 18.8 Å². The Bertz CT molecular complexity index is 336. The first-order valence-corrected chi connectivity index (χ1v) is 7.54. The van der Waals surface area contributed by atoms with E-state index < -0.39 is 0 Å². The van der Waals surface area contributed by atoms with Crippen LogP contribution in [0.15, 0.2) is 4.47 Å². The number of aromatic nitrogens is 2. The third-order valence-corrected chi connectivity index (χ3v) is 4.38. The largest absolute Gasteiger partial charge is 0.328 e. The molecule has 0 aliphatic carbocycles. The Labute approximate surface area is 110 Å². The van der Waals surface area contributed by atoms with Gasteiger partial charge in [0.1, 0.15) is 0 Å². The van der Waals surface area contributed by atoms with Crippen molar-refractivity contribution in [3.05, 3.63) is 15.9 Å². The van der Waals surface area contributed by atoms with Gasteiger partial charge in [-0.25, -0.2) is 0 Å². The second-order valence-corrected chi connectivity index (χ2v) is 5.90. The number of nitrogens with two attached hydrogens (primary N) is 1. The molecule has 0 aliphatic rings. The Morgan fingerprint density at radius 2 is 2.25 bits per heavy atom. The van der Waals surface area contributed by atoms with Crippen molar-refractivity contribution in [3.63, 3.8) is 0 Å². The quantitative estimate of drug-likeness (QED) is 0.822. The fourth-order valence-corrected chi connectivity index (χ4v) is 3.56. The minimum atomic E-state index is 0.300. The predicted molar refractivity (Wildman–Crippen MR) is 74.7 cm³/mol. The van der Waals surface area contributed by atoms with E-state index in [0.29, 0.717) is 6.04 Å². The van der Waals surface area contributed by atoms with E-state index in [1.165, 1.54) is 10.2 Å². The summed E-state index contributed by atoms with van der Waals surface area (Å²) in [7, 11) is 2.01. The molecule has 1 rings (SSSR count). The molecule has 16 heavy (non-hydrogen) atoms. The first-order chi connectivity index (χ1) is 7.56. The Kier molecular flexibility index (Phi) is 5.86. The number of rotatable bonds is 6. The number of aryl methyl sites for hydroxylation is 2. The van der Waals surface area contributed by atoms with Crippen LogP contribution in [0.2, 0.25) is 0 Å². The third kappa shape index (κ3) is 3.79. The van der Waals surface area contributed by atoms with E-state index in [2.05, 4.69) is 34.9 Å². The molecule has 1 atom stereocenters. The van der Waals surface area contributed by atoms with Crippen molar-refractivity contribution in [2.75, 3.05) is 5.75 Å². The summed E-state index contributed by atoms with van der Waals surface area (Å²) in [5.41, 5.74) is 8.13. The molecule has 0 amide bonds. The molecule has 0 aliphatic heterocycles. The van der Waals surface area contributed by atoms with E-state index in [4.69, 9.17) is 5.73 Å². The highest BCUT2D eigenvalue weighted by molar-refractivity contribution is 9.10. The van der Waals surface area contributed by atoms with Gasteiger partial charge in [0.25, 0.3) is 0 Å². The van der Waals surface area contributed by atoms with Crippen molar-refractivity contribution < 1.29 is 0 Å². The zero-order chi connectivity index (χ0) is 12.1. The van der Waals surface area contributed by atoms with Crippen molar-refractivity contribution in [2.45, 2.75) is 38.5 Å². The zero-order valence-corrected chi connectivity index (χ0v) is 12.6. The molecule has 5 heteroatoms. The van der Waals surface area contributed by atoms with Crippen LogP contribution in [0.3, 0.4) is 0 Å². The topological polar surface area (TPSA) is 43.8 Å². The second kappa shape index (κ2) is 6.67. The summed E-state index contributed by atoms with van der Waals surface area (Å²) >= 11 is 5.54. The highest BCUT2D eigenvalue weighted by Gasteiger charge is 2.11. The highest BCUT2D eigenvalue weighted by Crippen LogP contribution is 2.25. The molecule has 0 aromatic carbocycles. The number of nitrogens with zero attached hydrogens (tertiary/aromatic N) is 2. The summed E-state index contributed by atoms with van der Waals surface area (Å²) in [6.45, 7) is 4.18. The van der Waals surface area contributed by atoms with E-state index in [-0.39, 0.29) is 0 Å². The van der Waals surface area contributed by atoms with Gasteiger partial charge in [0.2, 0.25) is 0 Å². The molecule has 2 N–H and O–H groups in total. The Morgan fingerprint density at radius 3 is 2.75 bits per heavy atom. The summed E-state index contributed by atoms with van der Waals surface area (Å²) in [6, 6.07) is 0.300. The number of thioether (sulfide) groups is 1. The number of hydrogen-bond acceptors (Lipinski definition) is 3. The molecular formula is C11H20BrN3S. The van der Waals surface area contributed by atoms with Crippen molar-refractivity contribution in [3.8, 4) is 0 Å². The van der Waals surface area contributed by atoms with Gasteiger partial charge < -0.3 is 5.73 Å². The van der Waals surface area contributed by atoms with Crippen molar-refractivity contribution in [1.29, 1.82) is 0 Å². The van der Waals surface area contributed by atoms with E-state index in [1.54, 1.807) is 0 Å². The maximum absolute atomic E-state index is 5.72. The molecule has 92 valence electrons. The minimum Gasteiger partial charge on any atom is -0.328 e. The fraction of sp³-hybridized carbons (Fsp3) is 0.727. The van der Waals surface area contributed by atoms with Gasteiger partial charge in [-0.2, -0.15) is 16.9 Å². The minimum absolute atomic E-state index is 0.300. The number of hydrogen-bond donors (Lipinski definition) is 1. The molecular weight excluding hydrogens is 286 g/mol. The molecule has 0 radical (unpaired) electrons. The first kappa shape index (κ1) is 14.1. The summed E-state index contributed by atoms with van der Waals surface area (Å²) in [5, 5.41) is 4.47. The third-order valence-electron chi connectivity index (χ3n) is 2.46. The van der Waals surface area contributed by atoms with Crippen LogP contribution < -0.4 is 5.73 Å². The Hall–Kier alpha value is -0.0000000000000000555. The van der Waals surface area contributed by atoms with Crippen molar-refractivity contribution in [1.82, 2.24) is 9.78 Å². The molecule has 0 saturated heterocycles. The van der Waals surface area contributed by atoms with Crippen molar-refractivity contribution >= 4 is 27.7 Å². The summed E-state index contributed by atoms with van der Waals surface area (Å²) in [5.74, 6) is 2.10. The molecule has 3 nitrogen and oxygen atoms in total. The standard InChI is InChI=1S/C11H20BrN3S/c1-4-9-11(12)10(15(3)14-9)7-16-6-5-8(2)13/h8H,4-7,13H2,1-3H3. The highest BCUT2D eigenvalue weighted by atomic mass is 79.9. The number of halogens is 1. The average molecular weight is 306 g/mol. The van der Waals surface area contributed by atoms with Crippen LogP contribution in [0.1, 0.15) is 31.7 Å². The van der Waals surface area contributed by atoms with Crippen LogP contribution >= 0.6 is 27.7 Å². The monoisotopic (exact) mass is 305 g/mol. The lowest BCUT2D eigenvalue weighted by Gasteiger charge is -2.05. The Balaban J connectivity index is 2.50. The van der Waals surface area contributed by atoms with Crippen LogP contribution in [0.5, 0.6) is 0 Å². The smallest absolute Gasteiger partial charge is 0.0767 e. The normalized spacial score (nSPS) is 13.1. The molecule has 0 saturated carbocycles. The van der Waals surface area contributed by atoms with E-state index in [0.717, 1.165) is 30.0 Å². The van der Waals surface area contributed by atoms with Gasteiger partial charge in [-0.15, -0.1) is 0 Å². The van der Waals surface area contributed by atoms with Gasteiger partial charge >= 0.3 is 0 Å². The van der Waals surface area contributed by atoms with E-state index in [9.17, 15) is 0 Å². The molecule has 0 fully saturated rings. The molecule has 1 aromatic rings. The van der Waals surface area contributed by atoms with E-state index >= 15 is 0 Å². The van der Waals surface area contributed by atoms with E-state index in [1.807, 2.05) is 23.5 Å². The Morgan fingerprint density at radius 1 is 1.56 bits per heavy atom. The zero-order valence-electron chi connectivity index (χ0n) is 10.2. The lowest BCUT2D eigenvalue weighted by atomic mass is 10.3. The maximum atomic E-state index is 5.72. The van der Waals surface area contributed by atoms with Crippen LogP contribution in [0.4, 0.5) is 0 Å². The summed E-state index contributed by atoms with van der Waals surface area (Å²) in [4.78, 5) is 0. The van der Waals surface area contributed by atoms with Gasteiger partial charge in [0.15, 0.2) is 0 Å². The molecule has 1 unspecified atom stereocenters. The second-order valence-electron chi connectivity index (χ2n) is 4.00. The molecule has 0 bridgehead atoms. The van der Waals surface area contributed by atoms with Gasteiger partial charge in [-0.05, 0) is 41.4 Å². The lowest BCUT2D eigenvalue weighted by Crippen LogP contribution is -2.15. The first-order valence-electron chi connectivity index (χ1n) is 5.59. The van der Waals surface area contributed by atoms with Gasteiger partial charge in [0.05, 0.1) is 15.9 Å². The lowest BCUT2D eigenvalue weighted by molar-refractivity contribution is 0.714. The van der Waals surface area contributed by atoms with Crippen LogP contribution in [-0.2, 0) is 19.2 Å². The predicted octanol–water partition coefficient (Wildman–Crippen LogP) is 2.72. The van der Waals surface area contributed by atoms with Crippen molar-refractivity contribution in [2.24, 2.45) is 12.8 Å². The summed E-state index contributed by atoms with van der Waals surface area (Å²) < 4.78 is 3.15. The average Bonchev–Trinajstić information content (AvgIpc) is 2.50. The van der Waals surface area contributed by atoms with Gasteiger partial charge in [-0.1, -0.05) is 6.92 Å².